The fourth-order valence-electron chi connectivity index (χ4n) is 3.44. The molecule has 0 bridgehead atoms. The van der Waals surface area contributed by atoms with Gasteiger partial charge in [0.2, 0.25) is 0 Å². The zero-order valence-corrected chi connectivity index (χ0v) is 11.7. The Morgan fingerprint density at radius 1 is 1.10 bits per heavy atom. The topological polar surface area (TPSA) is 42.7 Å². The van der Waals surface area contributed by atoms with Crippen molar-refractivity contribution >= 4 is 0 Å². The van der Waals surface area contributed by atoms with Crippen molar-refractivity contribution in [3.8, 4) is 0 Å². The Morgan fingerprint density at radius 3 is 2.70 bits per heavy atom. The average Bonchev–Trinajstić information content (AvgIpc) is 3.08. The molecular formula is C16H20N4. The van der Waals surface area contributed by atoms with Crippen LogP contribution in [0.15, 0.2) is 24.3 Å². The van der Waals surface area contributed by atoms with Crippen LogP contribution < -0.4 is 5.32 Å². The third-order valence-electron chi connectivity index (χ3n) is 4.54. The zero-order chi connectivity index (χ0) is 13.4. The van der Waals surface area contributed by atoms with Crippen LogP contribution in [0.3, 0.4) is 0 Å². The number of aromatic nitrogens is 3. The lowest BCUT2D eigenvalue weighted by molar-refractivity contribution is 0.473. The number of benzene rings is 1. The van der Waals surface area contributed by atoms with Crippen LogP contribution >= 0.6 is 0 Å². The first-order chi connectivity index (χ1) is 9.90. The first-order valence-electron chi connectivity index (χ1n) is 7.61. The highest BCUT2D eigenvalue weighted by atomic mass is 15.3. The van der Waals surface area contributed by atoms with Gasteiger partial charge in [0, 0.05) is 19.0 Å². The summed E-state index contributed by atoms with van der Waals surface area (Å²) in [5.41, 5.74) is 2.99. The van der Waals surface area contributed by atoms with E-state index < -0.39 is 0 Å². The van der Waals surface area contributed by atoms with Gasteiger partial charge in [-0.1, -0.05) is 24.3 Å². The molecule has 2 aromatic rings. The van der Waals surface area contributed by atoms with Crippen molar-refractivity contribution in [2.45, 2.75) is 51.2 Å². The SMILES string of the molecule is c1ccc2c(c1)CC(NCc1nnc3n1CCCC3)C2. The van der Waals surface area contributed by atoms with Crippen molar-refractivity contribution in [2.24, 2.45) is 0 Å². The van der Waals surface area contributed by atoms with Crippen LogP contribution in [-0.4, -0.2) is 20.8 Å². The van der Waals surface area contributed by atoms with Crippen molar-refractivity contribution in [3.05, 3.63) is 47.0 Å². The van der Waals surface area contributed by atoms with Crippen molar-refractivity contribution in [1.29, 1.82) is 0 Å². The highest BCUT2D eigenvalue weighted by molar-refractivity contribution is 5.33. The van der Waals surface area contributed by atoms with Crippen molar-refractivity contribution in [3.63, 3.8) is 0 Å². The van der Waals surface area contributed by atoms with E-state index in [2.05, 4.69) is 44.3 Å². The Morgan fingerprint density at radius 2 is 1.90 bits per heavy atom. The van der Waals surface area contributed by atoms with E-state index in [-0.39, 0.29) is 0 Å². The van der Waals surface area contributed by atoms with Gasteiger partial charge in [-0.3, -0.25) is 0 Å². The summed E-state index contributed by atoms with van der Waals surface area (Å²) in [6.45, 7) is 1.93. The average molecular weight is 268 g/mol. The molecule has 4 heteroatoms. The number of nitrogens with zero attached hydrogens (tertiary/aromatic N) is 3. The molecule has 0 fully saturated rings. The molecule has 0 saturated carbocycles. The van der Waals surface area contributed by atoms with E-state index in [9.17, 15) is 0 Å². The molecule has 0 radical (unpaired) electrons. The molecule has 1 N–H and O–H groups in total. The van der Waals surface area contributed by atoms with Gasteiger partial charge in [-0.05, 0) is 36.8 Å². The molecule has 0 amide bonds. The van der Waals surface area contributed by atoms with Crippen LogP contribution in [0.25, 0.3) is 0 Å². The Labute approximate surface area is 119 Å². The van der Waals surface area contributed by atoms with Gasteiger partial charge in [0.1, 0.15) is 11.6 Å². The molecule has 2 heterocycles. The Hall–Kier alpha value is -1.68. The number of hydrogen-bond donors (Lipinski definition) is 1. The van der Waals surface area contributed by atoms with Gasteiger partial charge in [-0.15, -0.1) is 10.2 Å². The summed E-state index contributed by atoms with van der Waals surface area (Å²) in [7, 11) is 0. The highest BCUT2D eigenvalue weighted by Gasteiger charge is 2.22. The molecule has 1 aromatic carbocycles. The maximum atomic E-state index is 4.36. The number of fused-ring (bicyclic) bond motifs is 2. The monoisotopic (exact) mass is 268 g/mol. The molecule has 0 saturated heterocycles. The predicted octanol–water partition coefficient (Wildman–Crippen LogP) is 1.87. The Balaban J connectivity index is 1.41. The Kier molecular flexibility index (Phi) is 3.03. The standard InChI is InChI=1S/C16H20N4/c1-2-6-13-10-14(9-12(13)5-1)17-11-16-19-18-15-7-3-4-8-20(15)16/h1-2,5-6,14,17H,3-4,7-11H2. The normalized spacial score (nSPS) is 18.0. The number of hydrogen-bond acceptors (Lipinski definition) is 3. The van der Waals surface area contributed by atoms with Gasteiger partial charge in [0.05, 0.1) is 6.54 Å². The lowest BCUT2D eigenvalue weighted by Crippen LogP contribution is -2.30. The third-order valence-corrected chi connectivity index (χ3v) is 4.54. The molecule has 0 unspecified atom stereocenters. The first kappa shape index (κ1) is 12.1. The van der Waals surface area contributed by atoms with Gasteiger partial charge < -0.3 is 9.88 Å². The molecule has 0 spiro atoms. The molecule has 104 valence electrons. The van der Waals surface area contributed by atoms with Gasteiger partial charge >= 0.3 is 0 Å². The minimum atomic E-state index is 0.545. The molecule has 1 aliphatic carbocycles. The molecule has 20 heavy (non-hydrogen) atoms. The van der Waals surface area contributed by atoms with Crippen molar-refractivity contribution in [1.82, 2.24) is 20.1 Å². The molecule has 1 aromatic heterocycles. The lowest BCUT2D eigenvalue weighted by Gasteiger charge is -2.16. The molecule has 4 nitrogen and oxygen atoms in total. The minimum Gasteiger partial charge on any atom is -0.314 e. The summed E-state index contributed by atoms with van der Waals surface area (Å²) in [5.74, 6) is 2.28. The second kappa shape index (κ2) is 5.02. The van der Waals surface area contributed by atoms with Gasteiger partial charge in [-0.25, -0.2) is 0 Å². The molecular weight excluding hydrogens is 248 g/mol. The maximum Gasteiger partial charge on any atom is 0.147 e. The van der Waals surface area contributed by atoms with E-state index in [0.29, 0.717) is 6.04 Å². The van der Waals surface area contributed by atoms with Crippen LogP contribution in [0.1, 0.15) is 35.6 Å². The van der Waals surface area contributed by atoms with Crippen LogP contribution in [0.2, 0.25) is 0 Å². The molecule has 2 aliphatic rings. The number of aryl methyl sites for hydroxylation is 1. The smallest absolute Gasteiger partial charge is 0.147 e. The molecule has 0 atom stereocenters. The zero-order valence-electron chi connectivity index (χ0n) is 11.7. The third kappa shape index (κ3) is 2.14. The largest absolute Gasteiger partial charge is 0.314 e. The summed E-state index contributed by atoms with van der Waals surface area (Å²) in [4.78, 5) is 0. The van der Waals surface area contributed by atoms with Crippen LogP contribution in [0.5, 0.6) is 0 Å². The van der Waals surface area contributed by atoms with Crippen LogP contribution in [0.4, 0.5) is 0 Å². The maximum absolute atomic E-state index is 4.36. The summed E-state index contributed by atoms with van der Waals surface area (Å²) in [6.07, 6.45) is 5.87. The van der Waals surface area contributed by atoms with Crippen LogP contribution in [0, 0.1) is 0 Å². The summed E-state index contributed by atoms with van der Waals surface area (Å²) in [6, 6.07) is 9.31. The van der Waals surface area contributed by atoms with E-state index in [1.807, 2.05) is 0 Å². The quantitative estimate of drug-likeness (QED) is 0.924. The van der Waals surface area contributed by atoms with Crippen molar-refractivity contribution in [2.75, 3.05) is 0 Å². The number of rotatable bonds is 3. The summed E-state index contributed by atoms with van der Waals surface area (Å²) < 4.78 is 2.30. The Bertz CT molecular complexity index is 592. The van der Waals surface area contributed by atoms with Gasteiger partial charge in [0.15, 0.2) is 0 Å². The molecule has 4 rings (SSSR count). The van der Waals surface area contributed by atoms with E-state index in [1.54, 1.807) is 0 Å². The predicted molar refractivity (Wildman–Crippen MR) is 77.4 cm³/mol. The van der Waals surface area contributed by atoms with Crippen LogP contribution in [-0.2, 0) is 32.4 Å². The summed E-state index contributed by atoms with van der Waals surface area (Å²) >= 11 is 0. The number of nitrogens with one attached hydrogen (secondary N) is 1. The minimum absolute atomic E-state index is 0.545. The van der Waals surface area contributed by atoms with E-state index in [1.165, 1.54) is 29.8 Å². The summed E-state index contributed by atoms with van der Waals surface area (Å²) in [5, 5.41) is 12.3. The molecule has 1 aliphatic heterocycles. The lowest BCUT2D eigenvalue weighted by atomic mass is 10.1. The van der Waals surface area contributed by atoms with Gasteiger partial charge in [0.25, 0.3) is 0 Å². The second-order valence-corrected chi connectivity index (χ2v) is 5.90. The van der Waals surface area contributed by atoms with E-state index in [4.69, 9.17) is 0 Å². The van der Waals surface area contributed by atoms with E-state index >= 15 is 0 Å². The second-order valence-electron chi connectivity index (χ2n) is 5.90. The van der Waals surface area contributed by atoms with E-state index in [0.717, 1.165) is 38.2 Å². The first-order valence-corrected chi connectivity index (χ1v) is 7.61. The fourth-order valence-corrected chi connectivity index (χ4v) is 3.44. The van der Waals surface area contributed by atoms with Gasteiger partial charge in [-0.2, -0.15) is 0 Å². The van der Waals surface area contributed by atoms with Crippen molar-refractivity contribution < 1.29 is 0 Å². The highest BCUT2D eigenvalue weighted by Crippen LogP contribution is 2.22. The fraction of sp³-hybridized carbons (Fsp3) is 0.500.